The molecule has 0 radical (unpaired) electrons. The summed E-state index contributed by atoms with van der Waals surface area (Å²) >= 11 is 0. The first-order chi connectivity index (χ1) is 15.5. The second-order valence-electron chi connectivity index (χ2n) is 7.49. The summed E-state index contributed by atoms with van der Waals surface area (Å²) < 4.78 is 10.9. The van der Waals surface area contributed by atoms with Gasteiger partial charge in [-0.2, -0.15) is 0 Å². The number of carbonyl (C=O) groups excluding carboxylic acids is 3. The molecule has 0 spiro atoms. The highest BCUT2D eigenvalue weighted by Crippen LogP contribution is 2.26. The maximum absolute atomic E-state index is 13.0. The van der Waals surface area contributed by atoms with Crippen LogP contribution in [0.5, 0.6) is 0 Å². The maximum atomic E-state index is 13.0. The quantitative estimate of drug-likeness (QED) is 0.282. The second kappa shape index (κ2) is 13.3. The van der Waals surface area contributed by atoms with Crippen LogP contribution in [0.1, 0.15) is 37.3 Å². The van der Waals surface area contributed by atoms with Crippen LogP contribution < -0.4 is 0 Å². The number of hydrogen-bond acceptors (Lipinski definition) is 6. The molecule has 172 valence electrons. The molecule has 1 atom stereocenters. The van der Waals surface area contributed by atoms with Gasteiger partial charge in [0.25, 0.3) is 0 Å². The van der Waals surface area contributed by atoms with Gasteiger partial charge in [0.1, 0.15) is 13.2 Å². The molecule has 0 heterocycles. The molecule has 0 aliphatic carbocycles. The summed E-state index contributed by atoms with van der Waals surface area (Å²) in [5.74, 6) is -3.51. The summed E-state index contributed by atoms with van der Waals surface area (Å²) in [7, 11) is 2.87. The molecule has 7 heteroatoms. The van der Waals surface area contributed by atoms with Gasteiger partial charge in [-0.15, -0.1) is 0 Å². The first kappa shape index (κ1) is 25.1. The minimum absolute atomic E-state index is 0.0346. The van der Waals surface area contributed by atoms with Gasteiger partial charge in [0.2, 0.25) is 5.91 Å². The fourth-order valence-electron chi connectivity index (χ4n) is 3.33. The summed E-state index contributed by atoms with van der Waals surface area (Å²) in [5, 5.41) is 1.09. The smallest absolute Gasteiger partial charge is 0.320 e. The van der Waals surface area contributed by atoms with Gasteiger partial charge in [-0.25, -0.2) is 5.06 Å². The van der Waals surface area contributed by atoms with Crippen molar-refractivity contribution in [3.8, 4) is 0 Å². The molecule has 0 aliphatic heterocycles. The van der Waals surface area contributed by atoms with Crippen molar-refractivity contribution in [2.75, 3.05) is 14.2 Å². The molecule has 2 rings (SSSR count). The number of benzene rings is 2. The zero-order valence-corrected chi connectivity index (χ0v) is 18.9. The van der Waals surface area contributed by atoms with Gasteiger partial charge in [0, 0.05) is 13.5 Å². The van der Waals surface area contributed by atoms with Crippen LogP contribution in [0.2, 0.25) is 0 Å². The van der Waals surface area contributed by atoms with Gasteiger partial charge >= 0.3 is 11.9 Å². The SMILES string of the molecule is CCC[C@H](CC(=O)N(C)OC)C(C(=O)OCc1ccccc1)C(=O)OCc1ccccc1. The number of esters is 2. The standard InChI is InChI=1S/C25H31NO6/c1-4-11-21(16-22(27)26(2)30-3)23(24(28)31-17-19-12-7-5-8-13-19)25(29)32-18-20-14-9-6-10-15-20/h5-10,12-15,21,23H,4,11,16-18H2,1-3H3/t21-/m1/s1. The Morgan fingerprint density at radius 1 is 0.844 bits per heavy atom. The molecule has 32 heavy (non-hydrogen) atoms. The summed E-state index contributed by atoms with van der Waals surface area (Å²) in [6.07, 6.45) is 1.13. The predicted octanol–water partition coefficient (Wildman–Crippen LogP) is 3.92. The van der Waals surface area contributed by atoms with E-state index in [1.807, 2.05) is 67.6 Å². The van der Waals surface area contributed by atoms with Crippen LogP contribution in [-0.4, -0.2) is 37.1 Å². The van der Waals surface area contributed by atoms with E-state index in [9.17, 15) is 14.4 Å². The number of rotatable bonds is 12. The molecular formula is C25H31NO6. The van der Waals surface area contributed by atoms with Gasteiger partial charge in [0.05, 0.1) is 7.11 Å². The van der Waals surface area contributed by atoms with Gasteiger partial charge < -0.3 is 9.47 Å². The summed E-state index contributed by atoms with van der Waals surface area (Å²) in [4.78, 5) is 43.5. The average molecular weight is 442 g/mol. The molecule has 0 saturated carbocycles. The number of carbonyl (C=O) groups is 3. The fraction of sp³-hybridized carbons (Fsp3) is 0.400. The fourth-order valence-corrected chi connectivity index (χ4v) is 3.33. The Kier molecular flexibility index (Phi) is 10.4. The Morgan fingerprint density at radius 3 is 1.72 bits per heavy atom. The molecule has 0 bridgehead atoms. The first-order valence-corrected chi connectivity index (χ1v) is 10.7. The zero-order valence-electron chi connectivity index (χ0n) is 18.9. The van der Waals surface area contributed by atoms with Crippen molar-refractivity contribution in [1.82, 2.24) is 5.06 Å². The summed E-state index contributed by atoms with van der Waals surface area (Å²) in [6, 6.07) is 18.4. The van der Waals surface area contributed by atoms with Crippen molar-refractivity contribution in [2.24, 2.45) is 11.8 Å². The second-order valence-corrected chi connectivity index (χ2v) is 7.49. The topological polar surface area (TPSA) is 82.1 Å². The average Bonchev–Trinajstić information content (AvgIpc) is 2.82. The zero-order chi connectivity index (χ0) is 23.3. The summed E-state index contributed by atoms with van der Waals surface area (Å²) in [5.41, 5.74) is 1.61. The Balaban J connectivity index is 2.18. The lowest BCUT2D eigenvalue weighted by molar-refractivity contribution is -0.173. The van der Waals surface area contributed by atoms with Gasteiger partial charge in [0.15, 0.2) is 5.92 Å². The van der Waals surface area contributed by atoms with E-state index < -0.39 is 23.8 Å². The maximum Gasteiger partial charge on any atom is 0.320 e. The van der Waals surface area contributed by atoms with E-state index in [1.54, 1.807) is 0 Å². The minimum atomic E-state index is -1.21. The molecule has 0 aliphatic rings. The molecule has 0 fully saturated rings. The van der Waals surface area contributed by atoms with Crippen molar-refractivity contribution in [1.29, 1.82) is 0 Å². The first-order valence-electron chi connectivity index (χ1n) is 10.7. The number of hydroxylamine groups is 2. The van der Waals surface area contributed by atoms with Crippen molar-refractivity contribution in [2.45, 2.75) is 39.4 Å². The van der Waals surface area contributed by atoms with Crippen molar-refractivity contribution in [3.63, 3.8) is 0 Å². The highest BCUT2D eigenvalue weighted by Gasteiger charge is 2.39. The molecule has 1 amide bonds. The van der Waals surface area contributed by atoms with E-state index in [-0.39, 0.29) is 25.5 Å². The molecule has 2 aromatic carbocycles. The molecule has 0 unspecified atom stereocenters. The lowest BCUT2D eigenvalue weighted by atomic mass is 9.85. The van der Waals surface area contributed by atoms with E-state index >= 15 is 0 Å². The largest absolute Gasteiger partial charge is 0.460 e. The Labute approximate surface area is 189 Å². The van der Waals surface area contributed by atoms with Crippen molar-refractivity contribution in [3.05, 3.63) is 71.8 Å². The van der Waals surface area contributed by atoms with Crippen LogP contribution in [0, 0.1) is 11.8 Å². The van der Waals surface area contributed by atoms with Crippen molar-refractivity contribution < 1.29 is 28.7 Å². The van der Waals surface area contributed by atoms with Crippen LogP contribution in [0.25, 0.3) is 0 Å². The van der Waals surface area contributed by atoms with Crippen LogP contribution in [0.3, 0.4) is 0 Å². The van der Waals surface area contributed by atoms with Crippen LogP contribution in [-0.2, 0) is 41.9 Å². The Morgan fingerprint density at radius 2 is 1.31 bits per heavy atom. The van der Waals surface area contributed by atoms with E-state index in [4.69, 9.17) is 14.3 Å². The number of hydrogen-bond donors (Lipinski definition) is 0. The molecular weight excluding hydrogens is 410 g/mol. The third-order valence-electron chi connectivity index (χ3n) is 5.15. The third-order valence-corrected chi connectivity index (χ3v) is 5.15. The number of nitrogens with zero attached hydrogens (tertiary/aromatic N) is 1. The van der Waals surface area contributed by atoms with Gasteiger partial charge in [-0.3, -0.25) is 19.2 Å². The third kappa shape index (κ3) is 7.81. The van der Waals surface area contributed by atoms with Gasteiger partial charge in [-0.05, 0) is 23.5 Å². The number of ether oxygens (including phenoxy) is 2. The highest BCUT2D eigenvalue weighted by atomic mass is 16.7. The monoisotopic (exact) mass is 441 g/mol. The van der Waals surface area contributed by atoms with E-state index in [1.165, 1.54) is 14.2 Å². The predicted molar refractivity (Wildman–Crippen MR) is 119 cm³/mol. The molecule has 0 aromatic heterocycles. The highest BCUT2D eigenvalue weighted by molar-refractivity contribution is 5.96. The molecule has 0 saturated heterocycles. The lowest BCUT2D eigenvalue weighted by Crippen LogP contribution is -2.37. The van der Waals surface area contributed by atoms with Crippen LogP contribution >= 0.6 is 0 Å². The normalized spacial score (nSPS) is 11.6. The van der Waals surface area contributed by atoms with Crippen molar-refractivity contribution >= 4 is 17.8 Å². The van der Waals surface area contributed by atoms with Gasteiger partial charge in [-0.1, -0.05) is 74.0 Å². The lowest BCUT2D eigenvalue weighted by Gasteiger charge is -2.25. The van der Waals surface area contributed by atoms with E-state index in [0.717, 1.165) is 16.2 Å². The van der Waals surface area contributed by atoms with E-state index in [0.29, 0.717) is 12.8 Å². The van der Waals surface area contributed by atoms with E-state index in [2.05, 4.69) is 0 Å². The Hall–Kier alpha value is -3.19. The summed E-state index contributed by atoms with van der Waals surface area (Å²) in [6.45, 7) is 2.00. The molecule has 0 N–H and O–H groups in total. The minimum Gasteiger partial charge on any atom is -0.460 e. The van der Waals surface area contributed by atoms with Crippen LogP contribution in [0.4, 0.5) is 0 Å². The molecule has 7 nitrogen and oxygen atoms in total. The number of amides is 1. The Bertz CT molecular complexity index is 800. The molecule has 2 aromatic rings. The van der Waals surface area contributed by atoms with Crippen LogP contribution in [0.15, 0.2) is 60.7 Å².